The fourth-order valence-corrected chi connectivity index (χ4v) is 4.42. The number of hydrogen-bond donors (Lipinski definition) is 1. The second kappa shape index (κ2) is 8.59. The quantitative estimate of drug-likeness (QED) is 0.638. The zero-order valence-electron chi connectivity index (χ0n) is 16.2. The van der Waals surface area contributed by atoms with Crippen LogP contribution in [0.25, 0.3) is 0 Å². The van der Waals surface area contributed by atoms with Gasteiger partial charge in [-0.15, -0.1) is 11.8 Å². The predicted molar refractivity (Wildman–Crippen MR) is 116 cm³/mol. The normalized spacial score (nSPS) is 15.9. The van der Waals surface area contributed by atoms with Crippen LogP contribution in [0.2, 0.25) is 0 Å². The van der Waals surface area contributed by atoms with Crippen molar-refractivity contribution in [1.29, 1.82) is 0 Å². The first-order chi connectivity index (χ1) is 14.6. The Morgan fingerprint density at radius 2 is 1.77 bits per heavy atom. The fraction of sp³-hybridized carbons (Fsp3) is 0.130. The van der Waals surface area contributed by atoms with Crippen molar-refractivity contribution in [3.05, 3.63) is 89.7 Å². The van der Waals surface area contributed by atoms with Gasteiger partial charge in [-0.25, -0.2) is 4.39 Å². The third-order valence-electron chi connectivity index (χ3n) is 4.79. The van der Waals surface area contributed by atoms with Crippen molar-refractivity contribution in [3.63, 3.8) is 0 Å². The summed E-state index contributed by atoms with van der Waals surface area (Å²) in [5.41, 5.74) is 2.28. The Labute approximate surface area is 177 Å². The molecule has 7 heteroatoms. The maximum absolute atomic E-state index is 14.3. The molecule has 1 aliphatic rings. The van der Waals surface area contributed by atoms with Gasteiger partial charge in [0.05, 0.1) is 18.6 Å². The molecule has 0 saturated carbocycles. The minimum Gasteiger partial charge on any atom is -0.497 e. The number of methoxy groups -OCH3 is 1. The number of ether oxygens (including phenoxy) is 1. The fourth-order valence-electron chi connectivity index (χ4n) is 3.25. The average molecular weight is 422 g/mol. The molecule has 1 heterocycles. The van der Waals surface area contributed by atoms with E-state index in [4.69, 9.17) is 4.74 Å². The zero-order chi connectivity index (χ0) is 21.1. The number of anilines is 2. The van der Waals surface area contributed by atoms with Gasteiger partial charge in [-0.2, -0.15) is 0 Å². The van der Waals surface area contributed by atoms with Crippen LogP contribution in [-0.2, 0) is 4.79 Å². The number of rotatable bonds is 5. The Kier molecular flexibility index (Phi) is 5.72. The van der Waals surface area contributed by atoms with Crippen LogP contribution in [0.3, 0.4) is 0 Å². The molecule has 152 valence electrons. The van der Waals surface area contributed by atoms with E-state index in [1.54, 1.807) is 61.7 Å². The minimum atomic E-state index is -0.429. The van der Waals surface area contributed by atoms with Crippen molar-refractivity contribution in [3.8, 4) is 5.75 Å². The third-order valence-corrected chi connectivity index (χ3v) is 6.00. The van der Waals surface area contributed by atoms with E-state index in [1.165, 1.54) is 22.7 Å². The van der Waals surface area contributed by atoms with Crippen LogP contribution in [0.15, 0.2) is 72.8 Å². The number of hydrogen-bond acceptors (Lipinski definition) is 4. The van der Waals surface area contributed by atoms with E-state index in [0.717, 1.165) is 5.56 Å². The number of para-hydroxylation sites is 1. The first kappa shape index (κ1) is 20.0. The number of halogens is 1. The number of amides is 2. The molecule has 0 radical (unpaired) electrons. The molecular weight excluding hydrogens is 403 g/mol. The highest BCUT2D eigenvalue weighted by molar-refractivity contribution is 8.00. The summed E-state index contributed by atoms with van der Waals surface area (Å²) < 4.78 is 19.4. The monoisotopic (exact) mass is 422 g/mol. The van der Waals surface area contributed by atoms with Crippen LogP contribution in [-0.4, -0.2) is 24.7 Å². The number of nitrogens with one attached hydrogen (secondary N) is 1. The lowest BCUT2D eigenvalue weighted by Crippen LogP contribution is -2.28. The van der Waals surface area contributed by atoms with E-state index in [2.05, 4.69) is 5.32 Å². The molecule has 30 heavy (non-hydrogen) atoms. The van der Waals surface area contributed by atoms with E-state index in [1.807, 2.05) is 12.1 Å². The minimum absolute atomic E-state index is 0.132. The Balaban J connectivity index is 1.50. The molecule has 5 nitrogen and oxygen atoms in total. The van der Waals surface area contributed by atoms with Gasteiger partial charge in [-0.3, -0.25) is 14.5 Å². The molecule has 0 bridgehead atoms. The highest BCUT2D eigenvalue weighted by atomic mass is 32.2. The predicted octanol–water partition coefficient (Wildman–Crippen LogP) is 4.87. The molecule has 1 fully saturated rings. The smallest absolute Gasteiger partial charge is 0.255 e. The van der Waals surface area contributed by atoms with Gasteiger partial charge >= 0.3 is 0 Å². The zero-order valence-corrected chi connectivity index (χ0v) is 17.0. The largest absolute Gasteiger partial charge is 0.497 e. The second-order valence-electron chi connectivity index (χ2n) is 6.68. The maximum atomic E-state index is 14.3. The Morgan fingerprint density at radius 1 is 1.07 bits per heavy atom. The number of thioether (sulfide) groups is 1. The highest BCUT2D eigenvalue weighted by Crippen LogP contribution is 2.42. The Bertz CT molecular complexity index is 1070. The summed E-state index contributed by atoms with van der Waals surface area (Å²) in [6.45, 7) is 0. The van der Waals surface area contributed by atoms with E-state index in [9.17, 15) is 14.0 Å². The van der Waals surface area contributed by atoms with Crippen molar-refractivity contribution in [2.75, 3.05) is 23.1 Å². The topological polar surface area (TPSA) is 58.6 Å². The third kappa shape index (κ3) is 4.02. The number of nitrogens with zero attached hydrogens (tertiary/aromatic N) is 1. The van der Waals surface area contributed by atoms with Crippen LogP contribution >= 0.6 is 11.8 Å². The van der Waals surface area contributed by atoms with Crippen molar-refractivity contribution >= 4 is 35.0 Å². The Morgan fingerprint density at radius 3 is 2.43 bits per heavy atom. The Hall–Kier alpha value is -3.32. The van der Waals surface area contributed by atoms with Gasteiger partial charge in [0.15, 0.2) is 0 Å². The summed E-state index contributed by atoms with van der Waals surface area (Å²) >= 11 is 1.45. The lowest BCUT2D eigenvalue weighted by Gasteiger charge is -2.24. The van der Waals surface area contributed by atoms with Gasteiger partial charge in [0, 0.05) is 11.3 Å². The molecule has 1 aliphatic heterocycles. The van der Waals surface area contributed by atoms with Crippen molar-refractivity contribution in [2.24, 2.45) is 0 Å². The molecule has 2 amide bonds. The summed E-state index contributed by atoms with van der Waals surface area (Å²) in [7, 11) is 1.57. The average Bonchev–Trinajstić information content (AvgIpc) is 3.16. The van der Waals surface area contributed by atoms with Gasteiger partial charge in [0.25, 0.3) is 5.91 Å². The van der Waals surface area contributed by atoms with E-state index in [-0.39, 0.29) is 28.6 Å². The molecule has 3 aromatic carbocycles. The van der Waals surface area contributed by atoms with Gasteiger partial charge in [0.1, 0.15) is 16.9 Å². The lowest BCUT2D eigenvalue weighted by atomic mass is 10.1. The molecule has 1 atom stereocenters. The number of carbonyl (C=O) groups is 2. The summed E-state index contributed by atoms with van der Waals surface area (Å²) in [5.74, 6) is 0.172. The molecule has 3 aromatic rings. The summed E-state index contributed by atoms with van der Waals surface area (Å²) in [6, 6.07) is 20.3. The molecule has 0 aliphatic carbocycles. The van der Waals surface area contributed by atoms with Gasteiger partial charge in [-0.1, -0.05) is 24.3 Å². The molecule has 1 saturated heterocycles. The summed E-state index contributed by atoms with van der Waals surface area (Å²) in [4.78, 5) is 26.3. The van der Waals surface area contributed by atoms with Crippen LogP contribution in [0.4, 0.5) is 15.8 Å². The summed E-state index contributed by atoms with van der Waals surface area (Å²) in [6.07, 6.45) is 0. The molecule has 0 unspecified atom stereocenters. The van der Waals surface area contributed by atoms with Crippen molar-refractivity contribution in [1.82, 2.24) is 0 Å². The molecule has 1 N–H and O–H groups in total. The molecule has 0 spiro atoms. The van der Waals surface area contributed by atoms with Crippen LogP contribution < -0.4 is 15.0 Å². The van der Waals surface area contributed by atoms with E-state index < -0.39 is 5.82 Å². The maximum Gasteiger partial charge on any atom is 0.255 e. The van der Waals surface area contributed by atoms with Gasteiger partial charge in [0.2, 0.25) is 5.91 Å². The number of carbonyl (C=O) groups excluding carboxylic acids is 2. The van der Waals surface area contributed by atoms with Crippen LogP contribution in [0.1, 0.15) is 21.3 Å². The number of benzene rings is 3. The molecular formula is C23H19FN2O3S. The van der Waals surface area contributed by atoms with Gasteiger partial charge < -0.3 is 10.1 Å². The second-order valence-corrected chi connectivity index (χ2v) is 7.75. The van der Waals surface area contributed by atoms with Crippen molar-refractivity contribution < 1.29 is 18.7 Å². The van der Waals surface area contributed by atoms with Crippen molar-refractivity contribution in [2.45, 2.75) is 5.37 Å². The SMILES string of the molecule is COc1ccc(C(=O)Nc2ccc([C@@H]3SCC(=O)N3c3ccccc3F)cc2)cc1. The molecule has 4 rings (SSSR count). The first-order valence-corrected chi connectivity index (χ1v) is 10.4. The summed E-state index contributed by atoms with van der Waals surface area (Å²) in [5, 5.41) is 2.53. The highest BCUT2D eigenvalue weighted by Gasteiger charge is 2.35. The van der Waals surface area contributed by atoms with Crippen LogP contribution in [0.5, 0.6) is 5.75 Å². The lowest BCUT2D eigenvalue weighted by molar-refractivity contribution is -0.115. The van der Waals surface area contributed by atoms with E-state index in [0.29, 0.717) is 17.0 Å². The van der Waals surface area contributed by atoms with Crippen LogP contribution in [0, 0.1) is 5.82 Å². The van der Waals surface area contributed by atoms with E-state index >= 15 is 0 Å². The molecule has 0 aromatic heterocycles. The first-order valence-electron chi connectivity index (χ1n) is 9.30. The standard InChI is InChI=1S/C23H19FN2O3S/c1-29-18-12-8-15(9-13-18)22(28)25-17-10-6-16(7-11-17)23-26(21(27)14-30-23)20-5-3-2-4-19(20)24/h2-13,23H,14H2,1H3,(H,25,28)/t23-/m0/s1. The van der Waals surface area contributed by atoms with Gasteiger partial charge in [-0.05, 0) is 54.1 Å².